The van der Waals surface area contributed by atoms with Crippen LogP contribution in [0.2, 0.25) is 0 Å². The maximum atomic E-state index is 13.9. The van der Waals surface area contributed by atoms with Crippen LogP contribution in [0.15, 0.2) is 36.5 Å². The van der Waals surface area contributed by atoms with Crippen molar-refractivity contribution in [3.8, 4) is 0 Å². The quantitative estimate of drug-likeness (QED) is 0.705. The van der Waals surface area contributed by atoms with Crippen LogP contribution in [0, 0.1) is 11.6 Å². The molecule has 98 valence electrons. The highest BCUT2D eigenvalue weighted by molar-refractivity contribution is 5.29. The van der Waals surface area contributed by atoms with Crippen molar-refractivity contribution < 1.29 is 8.78 Å². The van der Waals surface area contributed by atoms with Gasteiger partial charge in [-0.1, -0.05) is 18.2 Å². The summed E-state index contributed by atoms with van der Waals surface area (Å²) in [5.74, 6) is -1.41. The molecule has 0 amide bonds. The second-order valence-electron chi connectivity index (χ2n) is 5.05. The minimum atomic E-state index is -0.756. The molecule has 0 saturated carbocycles. The van der Waals surface area contributed by atoms with Crippen molar-refractivity contribution in [3.63, 3.8) is 0 Å². The lowest BCUT2D eigenvalue weighted by atomic mass is 9.90. The van der Waals surface area contributed by atoms with Crippen LogP contribution in [-0.2, 0) is 12.8 Å². The van der Waals surface area contributed by atoms with E-state index in [1.54, 1.807) is 18.3 Å². The van der Waals surface area contributed by atoms with Gasteiger partial charge in [0, 0.05) is 11.9 Å². The molecule has 0 saturated heterocycles. The van der Waals surface area contributed by atoms with Crippen LogP contribution in [0.5, 0.6) is 0 Å². The van der Waals surface area contributed by atoms with Gasteiger partial charge in [-0.15, -0.1) is 0 Å². The fraction of sp³-hybridized carbons (Fsp3) is 0.312. The maximum absolute atomic E-state index is 13.9. The number of aryl methyl sites for hydroxylation is 1. The van der Waals surface area contributed by atoms with Crippen molar-refractivity contribution in [2.45, 2.75) is 31.6 Å². The van der Waals surface area contributed by atoms with Gasteiger partial charge in [-0.05, 0) is 54.9 Å². The van der Waals surface area contributed by atoms with E-state index in [4.69, 9.17) is 0 Å². The second-order valence-corrected chi connectivity index (χ2v) is 5.05. The molecule has 0 bridgehead atoms. The van der Waals surface area contributed by atoms with Crippen LogP contribution in [0.1, 0.15) is 35.6 Å². The summed E-state index contributed by atoms with van der Waals surface area (Å²) in [6.45, 7) is 0. The highest BCUT2D eigenvalue weighted by atomic mass is 19.2. The molecule has 1 heterocycles. The molecule has 1 atom stereocenters. The summed E-state index contributed by atoms with van der Waals surface area (Å²) >= 11 is 0. The van der Waals surface area contributed by atoms with Crippen molar-refractivity contribution in [3.05, 3.63) is 65.0 Å². The summed E-state index contributed by atoms with van der Waals surface area (Å²) < 4.78 is 27.2. The van der Waals surface area contributed by atoms with Crippen molar-refractivity contribution in [2.24, 2.45) is 0 Å². The molecule has 0 fully saturated rings. The Labute approximate surface area is 111 Å². The number of halogens is 2. The number of pyridine rings is 1. The molecule has 1 aromatic carbocycles. The molecule has 19 heavy (non-hydrogen) atoms. The molecule has 1 aromatic heterocycles. The number of aromatic nitrogens is 1. The number of rotatable bonds is 1. The number of hydrogen-bond donors (Lipinski definition) is 0. The average Bonchev–Trinajstić information content (AvgIpc) is 2.64. The first kappa shape index (κ1) is 12.3. The smallest absolute Gasteiger partial charge is 0.162 e. The minimum Gasteiger partial charge on any atom is -0.261 e. The van der Waals surface area contributed by atoms with E-state index >= 15 is 0 Å². The maximum Gasteiger partial charge on any atom is 0.162 e. The third kappa shape index (κ3) is 2.37. The molecule has 0 N–H and O–H groups in total. The third-order valence-electron chi connectivity index (χ3n) is 3.84. The van der Waals surface area contributed by atoms with E-state index in [2.05, 4.69) is 4.98 Å². The second kappa shape index (κ2) is 5.08. The lowest BCUT2D eigenvalue weighted by Crippen LogP contribution is -2.06. The fourth-order valence-electron chi connectivity index (χ4n) is 2.87. The Kier molecular flexibility index (Phi) is 3.28. The Morgan fingerprint density at radius 2 is 2.00 bits per heavy atom. The van der Waals surface area contributed by atoms with E-state index < -0.39 is 11.6 Å². The Hall–Kier alpha value is -1.77. The van der Waals surface area contributed by atoms with Crippen LogP contribution in [-0.4, -0.2) is 4.98 Å². The zero-order chi connectivity index (χ0) is 13.2. The molecule has 2 aromatic rings. The molecule has 0 spiro atoms. The number of hydrogen-bond acceptors (Lipinski definition) is 1. The first-order valence-corrected chi connectivity index (χ1v) is 6.62. The van der Waals surface area contributed by atoms with Gasteiger partial charge in [0.25, 0.3) is 0 Å². The molecule has 0 unspecified atom stereocenters. The molecule has 3 heteroatoms. The summed E-state index contributed by atoms with van der Waals surface area (Å²) in [5, 5.41) is 0. The first-order chi connectivity index (χ1) is 9.25. The molecular formula is C16H15F2N. The highest BCUT2D eigenvalue weighted by Crippen LogP contribution is 2.32. The van der Waals surface area contributed by atoms with Gasteiger partial charge in [0.15, 0.2) is 11.6 Å². The van der Waals surface area contributed by atoms with Gasteiger partial charge < -0.3 is 0 Å². The van der Waals surface area contributed by atoms with Crippen LogP contribution in [0.4, 0.5) is 8.78 Å². The topological polar surface area (TPSA) is 12.9 Å². The largest absolute Gasteiger partial charge is 0.261 e. The zero-order valence-electron chi connectivity index (χ0n) is 10.6. The van der Waals surface area contributed by atoms with Crippen molar-refractivity contribution >= 4 is 0 Å². The SMILES string of the molecule is Fc1cccc([C@@H]2CCCc3ncccc3C2)c1F. The molecule has 1 aliphatic carbocycles. The van der Waals surface area contributed by atoms with E-state index in [0.29, 0.717) is 5.56 Å². The van der Waals surface area contributed by atoms with E-state index in [0.717, 1.165) is 36.9 Å². The number of nitrogens with zero attached hydrogens (tertiary/aromatic N) is 1. The van der Waals surface area contributed by atoms with Gasteiger partial charge in [0.1, 0.15) is 0 Å². The lowest BCUT2D eigenvalue weighted by Gasteiger charge is -2.16. The van der Waals surface area contributed by atoms with Gasteiger partial charge in [0.05, 0.1) is 0 Å². The van der Waals surface area contributed by atoms with Crippen LogP contribution < -0.4 is 0 Å². The summed E-state index contributed by atoms with van der Waals surface area (Å²) in [6, 6.07) is 8.40. The number of fused-ring (bicyclic) bond motifs is 1. The summed E-state index contributed by atoms with van der Waals surface area (Å²) in [4.78, 5) is 4.38. The van der Waals surface area contributed by atoms with E-state index in [-0.39, 0.29) is 5.92 Å². The molecule has 0 aliphatic heterocycles. The fourth-order valence-corrected chi connectivity index (χ4v) is 2.87. The monoisotopic (exact) mass is 259 g/mol. The van der Waals surface area contributed by atoms with E-state index in [9.17, 15) is 8.78 Å². The molecule has 3 rings (SSSR count). The molecule has 1 nitrogen and oxygen atoms in total. The molecule has 0 radical (unpaired) electrons. The summed E-state index contributed by atoms with van der Waals surface area (Å²) in [5.41, 5.74) is 2.76. The van der Waals surface area contributed by atoms with Crippen LogP contribution in [0.3, 0.4) is 0 Å². The minimum absolute atomic E-state index is 0.0427. The first-order valence-electron chi connectivity index (χ1n) is 6.62. The van der Waals surface area contributed by atoms with Crippen molar-refractivity contribution in [1.29, 1.82) is 0 Å². The van der Waals surface area contributed by atoms with Crippen molar-refractivity contribution in [1.82, 2.24) is 4.98 Å². The van der Waals surface area contributed by atoms with Gasteiger partial charge in [-0.25, -0.2) is 8.78 Å². The Balaban J connectivity index is 1.96. The predicted molar refractivity (Wildman–Crippen MR) is 70.0 cm³/mol. The number of benzene rings is 1. The average molecular weight is 259 g/mol. The summed E-state index contributed by atoms with van der Waals surface area (Å²) in [6.07, 6.45) is 5.29. The van der Waals surface area contributed by atoms with Gasteiger partial charge in [0.2, 0.25) is 0 Å². The normalized spacial score (nSPS) is 18.7. The zero-order valence-corrected chi connectivity index (χ0v) is 10.6. The Bertz CT molecular complexity index is 595. The molecular weight excluding hydrogens is 244 g/mol. The predicted octanol–water partition coefficient (Wildman–Crippen LogP) is 4.02. The third-order valence-corrected chi connectivity index (χ3v) is 3.84. The van der Waals surface area contributed by atoms with E-state index in [1.165, 1.54) is 6.07 Å². The van der Waals surface area contributed by atoms with Crippen LogP contribution >= 0.6 is 0 Å². The molecule has 1 aliphatic rings. The lowest BCUT2D eigenvalue weighted by molar-refractivity contribution is 0.479. The summed E-state index contributed by atoms with van der Waals surface area (Å²) in [7, 11) is 0. The van der Waals surface area contributed by atoms with Crippen molar-refractivity contribution in [2.75, 3.05) is 0 Å². The van der Waals surface area contributed by atoms with E-state index in [1.807, 2.05) is 12.1 Å². The Morgan fingerprint density at radius 1 is 1.11 bits per heavy atom. The standard InChI is InChI=1S/C16H15F2N/c17-14-7-2-6-13(16(14)18)11-4-1-8-15-12(10-11)5-3-9-19-15/h2-3,5-7,9,11H,1,4,8,10H2/t11-/m1/s1. The van der Waals surface area contributed by atoms with Gasteiger partial charge in [-0.2, -0.15) is 0 Å². The Morgan fingerprint density at radius 3 is 2.89 bits per heavy atom. The highest BCUT2D eigenvalue weighted by Gasteiger charge is 2.22. The van der Waals surface area contributed by atoms with Gasteiger partial charge in [-0.3, -0.25) is 4.98 Å². The van der Waals surface area contributed by atoms with Gasteiger partial charge >= 0.3 is 0 Å². The van der Waals surface area contributed by atoms with Crippen LogP contribution in [0.25, 0.3) is 0 Å².